The number of alkyl carbamates (subject to hydrolysis) is 1. The van der Waals surface area contributed by atoms with Gasteiger partial charge in [-0.3, -0.25) is 29.0 Å². The summed E-state index contributed by atoms with van der Waals surface area (Å²) in [7, 11) is 0. The molecule has 6 N–H and O–H groups in total. The van der Waals surface area contributed by atoms with Crippen molar-refractivity contribution in [2.24, 2.45) is 17.6 Å². The zero-order chi connectivity index (χ0) is 32.6. The lowest BCUT2D eigenvalue weighted by Gasteiger charge is -2.26. The highest BCUT2D eigenvalue weighted by molar-refractivity contribution is 6.38. The third-order valence-electron chi connectivity index (χ3n) is 6.80. The Balaban J connectivity index is 2.00. The van der Waals surface area contributed by atoms with Crippen molar-refractivity contribution >= 4 is 35.5 Å². The van der Waals surface area contributed by atoms with Crippen LogP contribution >= 0.6 is 0 Å². The largest absolute Gasteiger partial charge is 0.445 e. The van der Waals surface area contributed by atoms with E-state index < -0.39 is 66.1 Å². The maximum absolute atomic E-state index is 13.3. The van der Waals surface area contributed by atoms with Crippen LogP contribution in [0.25, 0.3) is 0 Å². The number of carbonyl (C=O) groups excluding carboxylic acids is 6. The first-order valence-electron chi connectivity index (χ1n) is 14.5. The van der Waals surface area contributed by atoms with E-state index >= 15 is 0 Å². The average molecular weight is 611 g/mol. The summed E-state index contributed by atoms with van der Waals surface area (Å²) in [6.07, 6.45) is 3.07. The summed E-state index contributed by atoms with van der Waals surface area (Å²) in [5.41, 5.74) is 6.85. The zero-order valence-corrected chi connectivity index (χ0v) is 25.5. The fourth-order valence-corrected chi connectivity index (χ4v) is 4.18. The highest BCUT2D eigenvalue weighted by Crippen LogP contribution is 2.12. The minimum Gasteiger partial charge on any atom is -0.445 e. The zero-order valence-electron chi connectivity index (χ0n) is 25.5. The summed E-state index contributed by atoms with van der Waals surface area (Å²) in [4.78, 5) is 79.9. The Kier molecular flexibility index (Phi) is 14.5. The van der Waals surface area contributed by atoms with Gasteiger partial charge in [-0.15, -0.1) is 0 Å². The number of hydrogen-bond donors (Lipinski definition) is 5. The second kappa shape index (κ2) is 18.0. The van der Waals surface area contributed by atoms with E-state index in [1.54, 1.807) is 44.3 Å². The van der Waals surface area contributed by atoms with Gasteiger partial charge in [0, 0.05) is 18.8 Å². The minimum atomic E-state index is -1.23. The van der Waals surface area contributed by atoms with Gasteiger partial charge in [0.1, 0.15) is 18.7 Å². The van der Waals surface area contributed by atoms with E-state index in [0.717, 1.165) is 5.56 Å². The number of rotatable bonds is 17. The highest BCUT2D eigenvalue weighted by Gasteiger charge is 2.34. The number of nitrogens with zero attached hydrogens (tertiary/aromatic N) is 1. The van der Waals surface area contributed by atoms with Gasteiger partial charge in [-0.05, 0) is 35.4 Å². The summed E-state index contributed by atoms with van der Waals surface area (Å²) >= 11 is 0. The number of nitrogens with one attached hydrogen (secondary N) is 4. The average Bonchev–Trinajstić information content (AvgIpc) is 3.00. The van der Waals surface area contributed by atoms with E-state index in [1.165, 1.54) is 6.20 Å². The Hall–Kier alpha value is -4.81. The molecule has 0 fully saturated rings. The molecule has 0 aliphatic heterocycles. The van der Waals surface area contributed by atoms with E-state index in [-0.39, 0.29) is 25.4 Å². The van der Waals surface area contributed by atoms with Gasteiger partial charge in [0.05, 0.1) is 12.6 Å². The van der Waals surface area contributed by atoms with Crippen LogP contribution in [0, 0.1) is 11.8 Å². The van der Waals surface area contributed by atoms with Gasteiger partial charge in [0.15, 0.2) is 0 Å². The summed E-state index contributed by atoms with van der Waals surface area (Å²) in [5, 5.41) is 9.84. The number of hydrogen-bond acceptors (Lipinski definition) is 8. The lowest BCUT2D eigenvalue weighted by atomic mass is 9.94. The molecule has 0 saturated heterocycles. The van der Waals surface area contributed by atoms with Crippen molar-refractivity contribution in [1.29, 1.82) is 0 Å². The third kappa shape index (κ3) is 12.2. The molecule has 4 atom stereocenters. The van der Waals surface area contributed by atoms with E-state index in [4.69, 9.17) is 10.5 Å². The molecule has 5 amide bonds. The van der Waals surface area contributed by atoms with Gasteiger partial charge in [-0.2, -0.15) is 0 Å². The van der Waals surface area contributed by atoms with Gasteiger partial charge in [-0.1, -0.05) is 70.5 Å². The Morgan fingerprint density at radius 2 is 1.57 bits per heavy atom. The van der Waals surface area contributed by atoms with Gasteiger partial charge in [0.2, 0.25) is 23.5 Å². The first-order valence-corrected chi connectivity index (χ1v) is 14.5. The number of nitrogens with two attached hydrogens (primary N) is 1. The van der Waals surface area contributed by atoms with Crippen molar-refractivity contribution in [3.8, 4) is 0 Å². The first-order chi connectivity index (χ1) is 20.9. The van der Waals surface area contributed by atoms with Crippen molar-refractivity contribution in [1.82, 2.24) is 26.3 Å². The molecule has 0 bridgehead atoms. The Bertz CT molecular complexity index is 1270. The molecule has 1 aromatic carbocycles. The molecule has 1 heterocycles. The number of pyridine rings is 1. The lowest BCUT2D eigenvalue weighted by Crippen LogP contribution is -2.56. The molecule has 238 valence electrons. The van der Waals surface area contributed by atoms with E-state index in [2.05, 4.69) is 26.3 Å². The quantitative estimate of drug-likeness (QED) is 0.164. The number of aromatic nitrogens is 1. The van der Waals surface area contributed by atoms with Gasteiger partial charge < -0.3 is 31.7 Å². The maximum atomic E-state index is 13.3. The molecule has 4 unspecified atom stereocenters. The molecule has 2 rings (SSSR count). The Morgan fingerprint density at radius 1 is 0.886 bits per heavy atom. The van der Waals surface area contributed by atoms with Crippen LogP contribution in [0.2, 0.25) is 0 Å². The van der Waals surface area contributed by atoms with Crippen molar-refractivity contribution in [2.45, 2.75) is 71.7 Å². The van der Waals surface area contributed by atoms with Gasteiger partial charge in [0.25, 0.3) is 5.91 Å². The highest BCUT2D eigenvalue weighted by atomic mass is 16.5. The summed E-state index contributed by atoms with van der Waals surface area (Å²) in [5.74, 6) is -4.67. The fourth-order valence-electron chi connectivity index (χ4n) is 4.18. The number of Topliss-reactive ketones (excluding diaryl/α,β-unsaturated/α-hetero) is 1. The Labute approximate surface area is 257 Å². The monoisotopic (exact) mass is 610 g/mol. The normalized spacial score (nSPS) is 13.5. The van der Waals surface area contributed by atoms with Crippen LogP contribution in [0.15, 0.2) is 54.9 Å². The minimum absolute atomic E-state index is 0.00196. The second-order valence-corrected chi connectivity index (χ2v) is 10.9. The van der Waals surface area contributed by atoms with Crippen LogP contribution in [0.1, 0.15) is 51.7 Å². The SMILES string of the molecule is CCC(C)C(NC(=O)C(CC(C)C)NC(=O)OCc1ccccc1)C(=O)C(=O)NCC(=O)NC(Cc1cccnc1)C(N)=O. The number of carbonyl (C=O) groups is 6. The molecule has 0 radical (unpaired) electrons. The molecular formula is C31H42N6O7. The third-order valence-corrected chi connectivity index (χ3v) is 6.80. The molecule has 13 nitrogen and oxygen atoms in total. The van der Waals surface area contributed by atoms with Gasteiger partial charge >= 0.3 is 6.09 Å². The fraction of sp³-hybridized carbons (Fsp3) is 0.452. The molecule has 0 aliphatic rings. The molecule has 0 saturated carbocycles. The molecule has 1 aromatic heterocycles. The molecule has 13 heteroatoms. The molecule has 0 aliphatic carbocycles. The van der Waals surface area contributed by atoms with Crippen molar-refractivity contribution in [3.63, 3.8) is 0 Å². The lowest BCUT2D eigenvalue weighted by molar-refractivity contribution is -0.141. The number of primary amides is 1. The molecule has 2 aromatic rings. The smallest absolute Gasteiger partial charge is 0.408 e. The number of ketones is 1. The number of benzene rings is 1. The van der Waals surface area contributed by atoms with Crippen molar-refractivity contribution in [2.75, 3.05) is 6.54 Å². The van der Waals surface area contributed by atoms with Crippen LogP contribution in [0.4, 0.5) is 4.79 Å². The van der Waals surface area contributed by atoms with Crippen molar-refractivity contribution < 1.29 is 33.5 Å². The molecule has 44 heavy (non-hydrogen) atoms. The summed E-state index contributed by atoms with van der Waals surface area (Å²) < 4.78 is 5.25. The number of ether oxygens (including phenoxy) is 1. The topological polar surface area (TPSA) is 199 Å². The van der Waals surface area contributed by atoms with Gasteiger partial charge in [-0.25, -0.2) is 4.79 Å². The number of amides is 5. The maximum Gasteiger partial charge on any atom is 0.408 e. The molecular weight excluding hydrogens is 568 g/mol. The van der Waals surface area contributed by atoms with Crippen molar-refractivity contribution in [3.05, 3.63) is 66.0 Å². The van der Waals surface area contributed by atoms with Crippen LogP contribution < -0.4 is 27.0 Å². The summed E-state index contributed by atoms with van der Waals surface area (Å²) in [6.45, 7) is 6.62. The first kappa shape index (κ1) is 35.4. The predicted molar refractivity (Wildman–Crippen MR) is 161 cm³/mol. The standard InChI is InChI=1S/C31H42N6O7/c1-5-20(4)26(37-29(41)24(14-19(2)3)36-31(43)44-18-21-10-7-6-8-11-21)27(39)30(42)34-17-25(38)35-23(28(32)40)15-22-12-9-13-33-16-22/h6-13,16,19-20,23-24,26H,5,14-15,17-18H2,1-4H3,(H2,32,40)(H,34,42)(H,35,38)(H,36,43)(H,37,41). The van der Waals surface area contributed by atoms with Crippen LogP contribution in [-0.2, 0) is 41.7 Å². The summed E-state index contributed by atoms with van der Waals surface area (Å²) in [6, 6.07) is 9.11. The van der Waals surface area contributed by atoms with Crippen LogP contribution in [-0.4, -0.2) is 65.2 Å². The predicted octanol–water partition coefficient (Wildman–Crippen LogP) is 1.15. The van der Waals surface area contributed by atoms with E-state index in [1.807, 2.05) is 32.0 Å². The Morgan fingerprint density at radius 3 is 2.16 bits per heavy atom. The van der Waals surface area contributed by atoms with E-state index in [9.17, 15) is 28.8 Å². The van der Waals surface area contributed by atoms with Crippen LogP contribution in [0.5, 0.6) is 0 Å². The molecule has 0 spiro atoms. The van der Waals surface area contributed by atoms with E-state index in [0.29, 0.717) is 12.0 Å². The van der Waals surface area contributed by atoms with Crippen LogP contribution in [0.3, 0.4) is 0 Å². The second-order valence-electron chi connectivity index (χ2n) is 10.9.